The van der Waals surface area contributed by atoms with Gasteiger partial charge in [-0.05, 0) is 60.5 Å². The summed E-state index contributed by atoms with van der Waals surface area (Å²) in [5.74, 6) is -1.54. The lowest BCUT2D eigenvalue weighted by atomic mass is 9.84. The number of rotatable bonds is 4. The molecule has 0 radical (unpaired) electrons. The lowest BCUT2D eigenvalue weighted by molar-refractivity contribution is 0.0697. The van der Waals surface area contributed by atoms with Gasteiger partial charge in [-0.2, -0.15) is 0 Å². The monoisotopic (exact) mass is 479 g/mol. The van der Waals surface area contributed by atoms with Gasteiger partial charge in [0.05, 0.1) is 22.6 Å². The van der Waals surface area contributed by atoms with Crippen molar-refractivity contribution in [3.63, 3.8) is 0 Å². The van der Waals surface area contributed by atoms with Crippen molar-refractivity contribution in [2.75, 3.05) is 11.5 Å². The molecule has 0 saturated carbocycles. The number of sulfone groups is 1. The zero-order chi connectivity index (χ0) is 24.4. The van der Waals surface area contributed by atoms with E-state index < -0.39 is 21.2 Å². The number of aryl methyl sites for hydroxylation is 1. The van der Waals surface area contributed by atoms with Gasteiger partial charge in [-0.3, -0.25) is 0 Å². The fourth-order valence-corrected chi connectivity index (χ4v) is 7.19. The highest BCUT2D eigenvalue weighted by Crippen LogP contribution is 2.49. The zero-order valence-electron chi connectivity index (χ0n) is 18.5. The van der Waals surface area contributed by atoms with Crippen LogP contribution in [0.3, 0.4) is 0 Å². The van der Waals surface area contributed by atoms with Crippen LogP contribution in [0.4, 0.5) is 4.39 Å². The molecule has 6 nitrogen and oxygen atoms in total. The zero-order valence-corrected chi connectivity index (χ0v) is 19.4. The number of halogens is 1. The van der Waals surface area contributed by atoms with Crippen molar-refractivity contribution in [2.45, 2.75) is 19.3 Å². The number of carbonyl (C=O) groups is 1. The first-order valence-corrected chi connectivity index (χ1v) is 12.5. The Bertz CT molecular complexity index is 1570. The molecule has 0 atom stereocenters. The van der Waals surface area contributed by atoms with Gasteiger partial charge in [0.15, 0.2) is 9.84 Å². The Kier molecular flexibility index (Phi) is 4.84. The largest absolute Gasteiger partial charge is 0.507 e. The third kappa shape index (κ3) is 3.37. The molecule has 8 heteroatoms. The minimum absolute atomic E-state index is 0.0134. The van der Waals surface area contributed by atoms with Crippen molar-refractivity contribution >= 4 is 26.7 Å². The number of hydrogen-bond donors (Lipinski definition) is 2. The van der Waals surface area contributed by atoms with E-state index in [0.29, 0.717) is 39.0 Å². The Morgan fingerprint density at radius 1 is 1.06 bits per heavy atom. The highest BCUT2D eigenvalue weighted by atomic mass is 32.2. The molecule has 0 unspecified atom stereocenters. The Morgan fingerprint density at radius 3 is 2.32 bits per heavy atom. The average Bonchev–Trinajstić information content (AvgIpc) is 3.11. The van der Waals surface area contributed by atoms with Crippen LogP contribution < -0.4 is 0 Å². The number of aromatic carboxylic acids is 1. The summed E-state index contributed by atoms with van der Waals surface area (Å²) in [6.45, 7) is 3.52. The lowest BCUT2D eigenvalue weighted by Crippen LogP contribution is -2.51. The normalized spacial score (nSPS) is 16.3. The van der Waals surface area contributed by atoms with Crippen LogP contribution in [0.15, 0.2) is 60.7 Å². The molecule has 1 saturated heterocycles. The molecule has 2 N–H and O–H groups in total. The number of fused-ring (bicyclic) bond motifs is 1. The maximum atomic E-state index is 14.1. The molecular weight excluding hydrogens is 457 g/mol. The second-order valence-corrected chi connectivity index (χ2v) is 11.2. The molecule has 1 aliphatic rings. The highest BCUT2D eigenvalue weighted by molar-refractivity contribution is 7.93. The van der Waals surface area contributed by atoms with Crippen LogP contribution >= 0.6 is 0 Å². The molecule has 34 heavy (non-hydrogen) atoms. The summed E-state index contributed by atoms with van der Waals surface area (Å²) in [6.07, 6.45) is 0. The number of nitrogens with zero attached hydrogens (tertiary/aromatic N) is 1. The summed E-state index contributed by atoms with van der Waals surface area (Å²) in [7, 11) is -3.23. The molecule has 3 aromatic carbocycles. The van der Waals surface area contributed by atoms with Crippen molar-refractivity contribution in [3.05, 3.63) is 83.3 Å². The first-order valence-electron chi connectivity index (χ1n) is 10.7. The second-order valence-electron chi connectivity index (χ2n) is 9.14. The van der Waals surface area contributed by atoms with Crippen LogP contribution in [0.5, 0.6) is 5.75 Å². The molecule has 0 bridgehead atoms. The number of benzene rings is 3. The number of phenolic OH excluding ortho intramolecular Hbond substituents is 1. The quantitative estimate of drug-likeness (QED) is 0.437. The third-order valence-corrected chi connectivity index (χ3v) is 8.59. The maximum absolute atomic E-state index is 14.1. The van der Waals surface area contributed by atoms with Crippen LogP contribution in [-0.2, 0) is 15.3 Å². The first kappa shape index (κ1) is 22.2. The predicted molar refractivity (Wildman–Crippen MR) is 128 cm³/mol. The SMILES string of the molecule is Cc1cc(-n2c(C3(C)CS(=O)(=O)C3)c(-c3ccc(C(=O)O)cc3)c3c(O)cccc32)ccc1F. The fraction of sp³-hybridized carbons (Fsp3) is 0.192. The summed E-state index contributed by atoms with van der Waals surface area (Å²) in [5, 5.41) is 20.7. The van der Waals surface area contributed by atoms with Gasteiger partial charge in [-0.1, -0.05) is 25.1 Å². The van der Waals surface area contributed by atoms with E-state index in [1.54, 1.807) is 43.3 Å². The van der Waals surface area contributed by atoms with Crippen molar-refractivity contribution in [3.8, 4) is 22.6 Å². The van der Waals surface area contributed by atoms with E-state index in [0.717, 1.165) is 0 Å². The number of aromatic hydroxyl groups is 1. The number of phenols is 1. The van der Waals surface area contributed by atoms with E-state index in [1.165, 1.54) is 18.2 Å². The summed E-state index contributed by atoms with van der Waals surface area (Å²) in [6, 6.07) is 16.0. The molecule has 0 amide bonds. The van der Waals surface area contributed by atoms with E-state index in [-0.39, 0.29) is 28.6 Å². The molecule has 1 fully saturated rings. The molecule has 2 heterocycles. The molecule has 4 aromatic rings. The number of carboxylic acids is 1. The third-order valence-electron chi connectivity index (χ3n) is 6.44. The van der Waals surface area contributed by atoms with Gasteiger partial charge >= 0.3 is 5.97 Å². The van der Waals surface area contributed by atoms with Crippen LogP contribution in [0.1, 0.15) is 28.5 Å². The van der Waals surface area contributed by atoms with Crippen LogP contribution in [0, 0.1) is 12.7 Å². The van der Waals surface area contributed by atoms with Gasteiger partial charge in [0.2, 0.25) is 0 Å². The van der Waals surface area contributed by atoms with Crippen molar-refractivity contribution in [2.24, 2.45) is 0 Å². The molecule has 0 spiro atoms. The summed E-state index contributed by atoms with van der Waals surface area (Å²) in [5.41, 5.74) is 3.01. The van der Waals surface area contributed by atoms with Gasteiger partial charge in [-0.15, -0.1) is 0 Å². The summed E-state index contributed by atoms with van der Waals surface area (Å²) in [4.78, 5) is 11.4. The van der Waals surface area contributed by atoms with E-state index in [9.17, 15) is 27.8 Å². The van der Waals surface area contributed by atoms with Gasteiger partial charge in [-0.25, -0.2) is 17.6 Å². The molecular formula is C26H22FNO5S. The van der Waals surface area contributed by atoms with E-state index in [1.807, 2.05) is 17.6 Å². The summed E-state index contributed by atoms with van der Waals surface area (Å²) < 4.78 is 40.6. The summed E-state index contributed by atoms with van der Waals surface area (Å²) >= 11 is 0. The Morgan fingerprint density at radius 2 is 1.74 bits per heavy atom. The van der Waals surface area contributed by atoms with E-state index in [4.69, 9.17) is 0 Å². The van der Waals surface area contributed by atoms with Crippen LogP contribution in [0.2, 0.25) is 0 Å². The smallest absolute Gasteiger partial charge is 0.335 e. The maximum Gasteiger partial charge on any atom is 0.335 e. The predicted octanol–water partition coefficient (Wildman–Crippen LogP) is 4.83. The van der Waals surface area contributed by atoms with Crippen molar-refractivity contribution < 1.29 is 27.8 Å². The second kappa shape index (κ2) is 7.43. The van der Waals surface area contributed by atoms with Gasteiger partial charge in [0, 0.05) is 27.7 Å². The first-order chi connectivity index (χ1) is 16.0. The minimum Gasteiger partial charge on any atom is -0.507 e. The van der Waals surface area contributed by atoms with Crippen molar-refractivity contribution in [1.29, 1.82) is 0 Å². The lowest BCUT2D eigenvalue weighted by Gasteiger charge is -2.39. The molecule has 5 rings (SSSR count). The molecule has 1 aromatic heterocycles. The standard InChI is InChI=1S/C26H22FNO5S/c1-15-12-18(10-11-19(15)27)28-20-4-3-5-21(29)23(20)22(16-6-8-17(9-7-16)25(30)31)24(28)26(2)13-34(32,33)14-26/h3-12,29H,13-14H2,1-2H3,(H,30,31). The Hall–Kier alpha value is -3.65. The average molecular weight is 480 g/mol. The van der Waals surface area contributed by atoms with E-state index >= 15 is 0 Å². The van der Waals surface area contributed by atoms with Gasteiger partial charge in [0.25, 0.3) is 0 Å². The Balaban J connectivity index is 1.91. The van der Waals surface area contributed by atoms with Crippen molar-refractivity contribution in [1.82, 2.24) is 4.57 Å². The molecule has 1 aliphatic heterocycles. The van der Waals surface area contributed by atoms with Gasteiger partial charge in [0.1, 0.15) is 11.6 Å². The van der Waals surface area contributed by atoms with Gasteiger partial charge < -0.3 is 14.8 Å². The number of aromatic nitrogens is 1. The van der Waals surface area contributed by atoms with E-state index in [2.05, 4.69) is 0 Å². The fourth-order valence-electron chi connectivity index (χ4n) is 5.05. The number of hydrogen-bond acceptors (Lipinski definition) is 4. The molecule has 174 valence electrons. The number of carboxylic acid groups (broad SMARTS) is 1. The topological polar surface area (TPSA) is 96.6 Å². The Labute approximate surface area is 195 Å². The van der Waals surface area contributed by atoms with Crippen LogP contribution in [-0.4, -0.2) is 40.7 Å². The van der Waals surface area contributed by atoms with Crippen LogP contribution in [0.25, 0.3) is 27.7 Å². The minimum atomic E-state index is -3.23. The highest BCUT2D eigenvalue weighted by Gasteiger charge is 2.50. The molecule has 0 aliphatic carbocycles.